The summed E-state index contributed by atoms with van der Waals surface area (Å²) in [5.74, 6) is -0.238. The summed E-state index contributed by atoms with van der Waals surface area (Å²) < 4.78 is 5.18. The maximum atomic E-state index is 11.8. The summed E-state index contributed by atoms with van der Waals surface area (Å²) in [5, 5.41) is 29.2. The van der Waals surface area contributed by atoms with Crippen LogP contribution in [0.25, 0.3) is 6.08 Å². The van der Waals surface area contributed by atoms with E-state index >= 15 is 0 Å². The molecule has 0 radical (unpaired) electrons. The number of benzene rings is 1. The minimum Gasteiger partial charge on any atom is -0.388 e. The topological polar surface area (TPSA) is 87.0 Å². The molecule has 4 atom stereocenters. The number of rotatable bonds is 4. The molecule has 114 valence electrons. The highest BCUT2D eigenvalue weighted by Crippen LogP contribution is 2.19. The van der Waals surface area contributed by atoms with E-state index in [2.05, 4.69) is 0 Å². The average Bonchev–Trinajstić information content (AvgIpc) is 2.47. The first-order valence-electron chi connectivity index (χ1n) is 6.59. The number of carbonyl (C=O) groups is 1. The maximum absolute atomic E-state index is 11.8. The van der Waals surface area contributed by atoms with E-state index in [1.807, 2.05) is 0 Å². The monoisotopic (exact) mass is 312 g/mol. The standard InChI is InChI=1S/C15H17ClO5/c16-10-4-1-9(2-5-10)3-6-11(17)7-13-15(20)14(19)12(18)8-21-13/h1-6,12-15,18-20H,7-8H2/b6-3+/t12-,13+,14+,15+/m1/s1. The first-order chi connectivity index (χ1) is 9.97. The molecule has 0 aromatic heterocycles. The minimum absolute atomic E-state index is 0.0605. The second-order valence-corrected chi connectivity index (χ2v) is 5.41. The lowest BCUT2D eigenvalue weighted by Gasteiger charge is -2.34. The maximum Gasteiger partial charge on any atom is 0.158 e. The molecule has 1 aromatic rings. The summed E-state index contributed by atoms with van der Waals surface area (Å²) in [5.41, 5.74) is 0.827. The summed E-state index contributed by atoms with van der Waals surface area (Å²) in [6, 6.07) is 6.99. The Bertz CT molecular complexity index is 513. The third-order valence-electron chi connectivity index (χ3n) is 3.34. The molecule has 1 saturated heterocycles. The highest BCUT2D eigenvalue weighted by Gasteiger charge is 2.37. The molecule has 1 aromatic carbocycles. The molecule has 0 saturated carbocycles. The van der Waals surface area contributed by atoms with Gasteiger partial charge in [-0.15, -0.1) is 0 Å². The Morgan fingerprint density at radius 1 is 1.24 bits per heavy atom. The van der Waals surface area contributed by atoms with Crippen molar-refractivity contribution in [3.05, 3.63) is 40.9 Å². The van der Waals surface area contributed by atoms with Crippen molar-refractivity contribution >= 4 is 23.5 Å². The van der Waals surface area contributed by atoms with Crippen molar-refractivity contribution in [2.75, 3.05) is 6.61 Å². The highest BCUT2D eigenvalue weighted by atomic mass is 35.5. The van der Waals surface area contributed by atoms with E-state index in [0.29, 0.717) is 5.02 Å². The van der Waals surface area contributed by atoms with Gasteiger partial charge in [0.15, 0.2) is 5.78 Å². The Kier molecular flexibility index (Phi) is 5.50. The van der Waals surface area contributed by atoms with Crippen LogP contribution in [0.5, 0.6) is 0 Å². The number of ketones is 1. The molecule has 0 amide bonds. The fourth-order valence-electron chi connectivity index (χ4n) is 2.08. The molecular formula is C15H17ClO5. The smallest absolute Gasteiger partial charge is 0.158 e. The molecule has 21 heavy (non-hydrogen) atoms. The molecule has 1 fully saturated rings. The van der Waals surface area contributed by atoms with Crippen molar-refractivity contribution in [2.24, 2.45) is 0 Å². The van der Waals surface area contributed by atoms with Gasteiger partial charge in [0, 0.05) is 11.4 Å². The quantitative estimate of drug-likeness (QED) is 0.716. The fourth-order valence-corrected chi connectivity index (χ4v) is 2.20. The van der Waals surface area contributed by atoms with E-state index < -0.39 is 24.4 Å². The van der Waals surface area contributed by atoms with Crippen LogP contribution in [0.15, 0.2) is 30.3 Å². The number of aliphatic hydroxyl groups excluding tert-OH is 3. The molecule has 0 unspecified atom stereocenters. The molecule has 1 aliphatic rings. The highest BCUT2D eigenvalue weighted by molar-refractivity contribution is 6.30. The molecular weight excluding hydrogens is 296 g/mol. The average molecular weight is 313 g/mol. The van der Waals surface area contributed by atoms with Crippen LogP contribution in [0.4, 0.5) is 0 Å². The van der Waals surface area contributed by atoms with Crippen LogP contribution in [0.2, 0.25) is 5.02 Å². The van der Waals surface area contributed by atoms with E-state index in [0.717, 1.165) is 5.56 Å². The first-order valence-corrected chi connectivity index (χ1v) is 6.97. The van der Waals surface area contributed by atoms with Crippen LogP contribution < -0.4 is 0 Å². The van der Waals surface area contributed by atoms with Crippen LogP contribution >= 0.6 is 11.6 Å². The van der Waals surface area contributed by atoms with Gasteiger partial charge in [-0.1, -0.05) is 29.8 Å². The van der Waals surface area contributed by atoms with Crippen LogP contribution in [-0.2, 0) is 9.53 Å². The van der Waals surface area contributed by atoms with Gasteiger partial charge >= 0.3 is 0 Å². The third-order valence-corrected chi connectivity index (χ3v) is 3.59. The lowest BCUT2D eigenvalue weighted by Crippen LogP contribution is -2.53. The van der Waals surface area contributed by atoms with Crippen LogP contribution in [0.3, 0.4) is 0 Å². The van der Waals surface area contributed by atoms with Crippen LogP contribution in [0.1, 0.15) is 12.0 Å². The Balaban J connectivity index is 1.91. The van der Waals surface area contributed by atoms with Gasteiger partial charge in [0.25, 0.3) is 0 Å². The number of ether oxygens (including phenoxy) is 1. The number of hydrogen-bond donors (Lipinski definition) is 3. The first kappa shape index (κ1) is 16.1. The second-order valence-electron chi connectivity index (χ2n) is 4.98. The molecule has 1 heterocycles. The molecule has 2 rings (SSSR count). The van der Waals surface area contributed by atoms with Gasteiger partial charge in [-0.25, -0.2) is 0 Å². The normalized spacial score (nSPS) is 29.7. The van der Waals surface area contributed by atoms with Crippen molar-refractivity contribution < 1.29 is 24.9 Å². The van der Waals surface area contributed by atoms with Crippen molar-refractivity contribution in [3.8, 4) is 0 Å². The van der Waals surface area contributed by atoms with E-state index in [1.54, 1.807) is 30.3 Å². The van der Waals surface area contributed by atoms with Crippen molar-refractivity contribution in [1.29, 1.82) is 0 Å². The van der Waals surface area contributed by atoms with E-state index in [4.69, 9.17) is 16.3 Å². The molecule has 0 aliphatic carbocycles. The van der Waals surface area contributed by atoms with Gasteiger partial charge in [0.2, 0.25) is 0 Å². The Morgan fingerprint density at radius 2 is 1.90 bits per heavy atom. The third kappa shape index (κ3) is 4.36. The molecule has 0 spiro atoms. The lowest BCUT2D eigenvalue weighted by atomic mass is 9.96. The number of carbonyl (C=O) groups excluding carboxylic acids is 1. The van der Waals surface area contributed by atoms with Gasteiger partial charge in [-0.2, -0.15) is 0 Å². The number of aliphatic hydroxyl groups is 3. The molecule has 6 heteroatoms. The zero-order valence-electron chi connectivity index (χ0n) is 11.2. The Morgan fingerprint density at radius 3 is 2.57 bits per heavy atom. The minimum atomic E-state index is -1.29. The van der Waals surface area contributed by atoms with Gasteiger partial charge in [0.1, 0.15) is 18.3 Å². The van der Waals surface area contributed by atoms with E-state index in [-0.39, 0.29) is 18.8 Å². The van der Waals surface area contributed by atoms with E-state index in [9.17, 15) is 20.1 Å². The molecule has 3 N–H and O–H groups in total. The van der Waals surface area contributed by atoms with Crippen molar-refractivity contribution in [1.82, 2.24) is 0 Å². The fraction of sp³-hybridized carbons (Fsp3) is 0.400. The van der Waals surface area contributed by atoms with Gasteiger partial charge in [0.05, 0.1) is 12.7 Å². The number of halogens is 1. The van der Waals surface area contributed by atoms with Gasteiger partial charge in [-0.05, 0) is 23.8 Å². The summed E-state index contributed by atoms with van der Waals surface area (Å²) in [7, 11) is 0. The Labute approximate surface area is 127 Å². The van der Waals surface area contributed by atoms with Crippen LogP contribution in [0, 0.1) is 0 Å². The summed E-state index contributed by atoms with van der Waals surface area (Å²) in [6.45, 7) is -0.100. The van der Waals surface area contributed by atoms with Gasteiger partial charge < -0.3 is 20.1 Å². The van der Waals surface area contributed by atoms with Gasteiger partial charge in [-0.3, -0.25) is 4.79 Å². The molecule has 5 nitrogen and oxygen atoms in total. The SMILES string of the molecule is O=C(/C=C/c1ccc(Cl)cc1)C[C@@H]1OC[C@@H](O)[C@H](O)[C@H]1O. The number of allylic oxidation sites excluding steroid dienone is 1. The second kappa shape index (κ2) is 7.15. The number of hydrogen-bond acceptors (Lipinski definition) is 5. The predicted molar refractivity (Wildman–Crippen MR) is 77.9 cm³/mol. The van der Waals surface area contributed by atoms with Crippen molar-refractivity contribution in [3.63, 3.8) is 0 Å². The van der Waals surface area contributed by atoms with Crippen LogP contribution in [-0.4, -0.2) is 52.1 Å². The predicted octanol–water partition coefficient (Wildman–Crippen LogP) is 0.794. The molecule has 1 aliphatic heterocycles. The van der Waals surface area contributed by atoms with E-state index in [1.165, 1.54) is 6.08 Å². The summed E-state index contributed by atoms with van der Waals surface area (Å²) in [6.07, 6.45) is -1.55. The Hall–Kier alpha value is -1.24. The summed E-state index contributed by atoms with van der Waals surface area (Å²) >= 11 is 5.77. The molecule has 0 bridgehead atoms. The largest absolute Gasteiger partial charge is 0.388 e. The van der Waals surface area contributed by atoms with Crippen molar-refractivity contribution in [2.45, 2.75) is 30.8 Å². The summed E-state index contributed by atoms with van der Waals surface area (Å²) in [4.78, 5) is 11.8. The zero-order valence-corrected chi connectivity index (χ0v) is 12.0. The zero-order chi connectivity index (χ0) is 15.4. The lowest BCUT2D eigenvalue weighted by molar-refractivity contribution is -0.188.